The van der Waals surface area contributed by atoms with Crippen molar-refractivity contribution in [1.82, 2.24) is 4.98 Å². The molecular weight excluding hydrogens is 286 g/mol. The Kier molecular flexibility index (Phi) is 2.53. The molecular formula is C20H15NS. The maximum Gasteiger partial charge on any atom is 0.0743 e. The molecule has 0 amide bonds. The van der Waals surface area contributed by atoms with Crippen LogP contribution in [0, 0.1) is 0 Å². The molecule has 1 atom stereocenters. The molecule has 0 N–H and O–H groups in total. The molecule has 2 heteroatoms. The fourth-order valence-electron chi connectivity index (χ4n) is 3.86. The number of fused-ring (bicyclic) bond motifs is 7. The molecule has 0 fully saturated rings. The Bertz CT molecular complexity index is 913. The Hall–Kier alpha value is -2.06. The minimum Gasteiger partial charge on any atom is -0.256 e. The summed E-state index contributed by atoms with van der Waals surface area (Å²) in [5.41, 5.74) is 9.64. The van der Waals surface area contributed by atoms with E-state index in [1.165, 1.54) is 44.0 Å². The molecule has 0 bridgehead atoms. The standard InChI is InChI=1S/C20H15NS/c1-12-14-6-4-10-21-20(14)16-9-8-13-11-22-17-7-3-2-5-15(17)19(13)18(12)16/h2-10,12H,11H2,1H3. The molecule has 0 saturated carbocycles. The van der Waals surface area contributed by atoms with Crippen LogP contribution in [0.4, 0.5) is 0 Å². The van der Waals surface area contributed by atoms with E-state index < -0.39 is 0 Å². The number of hydrogen-bond acceptors (Lipinski definition) is 2. The molecule has 1 unspecified atom stereocenters. The maximum atomic E-state index is 4.65. The van der Waals surface area contributed by atoms with E-state index >= 15 is 0 Å². The summed E-state index contributed by atoms with van der Waals surface area (Å²) < 4.78 is 0. The van der Waals surface area contributed by atoms with E-state index in [1.807, 2.05) is 18.0 Å². The molecule has 0 radical (unpaired) electrons. The van der Waals surface area contributed by atoms with Crippen molar-refractivity contribution < 1.29 is 0 Å². The predicted molar refractivity (Wildman–Crippen MR) is 92.2 cm³/mol. The minimum atomic E-state index is 0.421. The largest absolute Gasteiger partial charge is 0.256 e. The zero-order chi connectivity index (χ0) is 14.7. The highest BCUT2D eigenvalue weighted by Crippen LogP contribution is 2.52. The van der Waals surface area contributed by atoms with Gasteiger partial charge in [0.15, 0.2) is 0 Å². The number of thioether (sulfide) groups is 1. The molecule has 3 aromatic rings. The molecule has 5 rings (SSSR count). The summed E-state index contributed by atoms with van der Waals surface area (Å²) in [6.45, 7) is 2.32. The zero-order valence-corrected chi connectivity index (χ0v) is 13.2. The van der Waals surface area contributed by atoms with Crippen LogP contribution in [-0.2, 0) is 5.75 Å². The van der Waals surface area contributed by atoms with Gasteiger partial charge in [-0.3, -0.25) is 4.98 Å². The summed E-state index contributed by atoms with van der Waals surface area (Å²) in [5.74, 6) is 1.49. The van der Waals surface area contributed by atoms with Crippen LogP contribution in [0.3, 0.4) is 0 Å². The van der Waals surface area contributed by atoms with Gasteiger partial charge in [0, 0.05) is 28.3 Å². The number of benzene rings is 2. The summed E-state index contributed by atoms with van der Waals surface area (Å²) in [6.07, 6.45) is 1.91. The van der Waals surface area contributed by atoms with E-state index in [4.69, 9.17) is 0 Å². The molecule has 2 heterocycles. The highest BCUT2D eigenvalue weighted by Gasteiger charge is 2.32. The second-order valence-corrected chi connectivity index (χ2v) is 7.03. The topological polar surface area (TPSA) is 12.9 Å². The lowest BCUT2D eigenvalue weighted by Crippen LogP contribution is -2.02. The van der Waals surface area contributed by atoms with E-state index in [1.54, 1.807) is 0 Å². The van der Waals surface area contributed by atoms with Crippen LogP contribution < -0.4 is 0 Å². The van der Waals surface area contributed by atoms with Gasteiger partial charge in [0.1, 0.15) is 0 Å². The second-order valence-electron chi connectivity index (χ2n) is 6.01. The summed E-state index contributed by atoms with van der Waals surface area (Å²) in [4.78, 5) is 6.05. The number of rotatable bonds is 0. The Labute approximate surface area is 134 Å². The third kappa shape index (κ3) is 1.53. The van der Waals surface area contributed by atoms with Gasteiger partial charge >= 0.3 is 0 Å². The van der Waals surface area contributed by atoms with Gasteiger partial charge in [0.05, 0.1) is 5.69 Å². The van der Waals surface area contributed by atoms with Crippen molar-refractivity contribution in [2.45, 2.75) is 23.5 Å². The lowest BCUT2D eigenvalue weighted by atomic mass is 9.87. The zero-order valence-electron chi connectivity index (χ0n) is 12.3. The fourth-order valence-corrected chi connectivity index (χ4v) is 4.91. The summed E-state index contributed by atoms with van der Waals surface area (Å²) in [7, 11) is 0. The second kappa shape index (κ2) is 4.47. The molecule has 0 spiro atoms. The Balaban J connectivity index is 1.87. The first-order valence-corrected chi connectivity index (χ1v) is 8.66. The third-order valence-corrected chi connectivity index (χ3v) is 5.99. The van der Waals surface area contributed by atoms with Crippen LogP contribution in [0.15, 0.2) is 59.6 Å². The SMILES string of the molecule is CC1c2cccnc2-c2ccc3c(c21)-c1ccccc1SC3. The van der Waals surface area contributed by atoms with Crippen molar-refractivity contribution in [3.8, 4) is 22.4 Å². The van der Waals surface area contributed by atoms with Crippen LogP contribution in [0.5, 0.6) is 0 Å². The first kappa shape index (κ1) is 12.5. The van der Waals surface area contributed by atoms with Crippen molar-refractivity contribution in [2.75, 3.05) is 0 Å². The Morgan fingerprint density at radius 2 is 1.91 bits per heavy atom. The van der Waals surface area contributed by atoms with Gasteiger partial charge in [-0.15, -0.1) is 11.8 Å². The summed E-state index contributed by atoms with van der Waals surface area (Å²) in [5, 5.41) is 0. The molecule has 1 aliphatic carbocycles. The van der Waals surface area contributed by atoms with Crippen LogP contribution >= 0.6 is 11.8 Å². The Morgan fingerprint density at radius 1 is 1.00 bits per heavy atom. The first-order chi connectivity index (χ1) is 10.8. The van der Waals surface area contributed by atoms with Gasteiger partial charge in [0.2, 0.25) is 0 Å². The molecule has 1 aliphatic heterocycles. The van der Waals surface area contributed by atoms with Gasteiger partial charge in [0.25, 0.3) is 0 Å². The molecule has 2 aromatic carbocycles. The van der Waals surface area contributed by atoms with Crippen LogP contribution in [0.25, 0.3) is 22.4 Å². The van der Waals surface area contributed by atoms with Crippen molar-refractivity contribution in [2.24, 2.45) is 0 Å². The van der Waals surface area contributed by atoms with Crippen LogP contribution in [-0.4, -0.2) is 4.98 Å². The van der Waals surface area contributed by atoms with Crippen LogP contribution in [0.2, 0.25) is 0 Å². The lowest BCUT2D eigenvalue weighted by Gasteiger charge is -2.23. The summed E-state index contributed by atoms with van der Waals surface area (Å²) >= 11 is 1.95. The van der Waals surface area contributed by atoms with Gasteiger partial charge in [-0.2, -0.15) is 0 Å². The lowest BCUT2D eigenvalue weighted by molar-refractivity contribution is 0.950. The quantitative estimate of drug-likeness (QED) is 0.545. The fraction of sp³-hybridized carbons (Fsp3) is 0.150. The van der Waals surface area contributed by atoms with Crippen LogP contribution in [0.1, 0.15) is 29.5 Å². The van der Waals surface area contributed by atoms with E-state index in [0.29, 0.717) is 5.92 Å². The highest BCUT2D eigenvalue weighted by atomic mass is 32.2. The molecule has 0 saturated heterocycles. The Morgan fingerprint density at radius 3 is 2.86 bits per heavy atom. The van der Waals surface area contributed by atoms with Crippen molar-refractivity contribution in [3.63, 3.8) is 0 Å². The molecule has 22 heavy (non-hydrogen) atoms. The highest BCUT2D eigenvalue weighted by molar-refractivity contribution is 7.98. The number of nitrogens with zero attached hydrogens (tertiary/aromatic N) is 1. The smallest absolute Gasteiger partial charge is 0.0743 e. The minimum absolute atomic E-state index is 0.421. The average Bonchev–Trinajstić information content (AvgIpc) is 2.88. The van der Waals surface area contributed by atoms with Gasteiger partial charge < -0.3 is 0 Å². The van der Waals surface area contributed by atoms with E-state index in [-0.39, 0.29) is 0 Å². The maximum absolute atomic E-state index is 4.65. The summed E-state index contributed by atoms with van der Waals surface area (Å²) in [6, 6.07) is 17.7. The monoisotopic (exact) mass is 301 g/mol. The first-order valence-electron chi connectivity index (χ1n) is 7.68. The van der Waals surface area contributed by atoms with E-state index in [2.05, 4.69) is 60.4 Å². The molecule has 106 valence electrons. The molecule has 1 aromatic heterocycles. The van der Waals surface area contributed by atoms with Crippen molar-refractivity contribution >= 4 is 11.8 Å². The van der Waals surface area contributed by atoms with Gasteiger partial charge in [-0.1, -0.05) is 43.3 Å². The predicted octanol–water partition coefficient (Wildman–Crippen LogP) is 5.49. The van der Waals surface area contributed by atoms with Crippen molar-refractivity contribution in [3.05, 3.63) is 71.4 Å². The van der Waals surface area contributed by atoms with E-state index in [9.17, 15) is 0 Å². The van der Waals surface area contributed by atoms with Crippen molar-refractivity contribution in [1.29, 1.82) is 0 Å². The average molecular weight is 301 g/mol. The normalized spacial score (nSPS) is 17.4. The number of aromatic nitrogens is 1. The molecule has 2 aliphatic rings. The number of pyridine rings is 1. The molecule has 1 nitrogen and oxygen atoms in total. The van der Waals surface area contributed by atoms with Gasteiger partial charge in [-0.05, 0) is 39.9 Å². The van der Waals surface area contributed by atoms with Gasteiger partial charge in [-0.25, -0.2) is 0 Å². The van der Waals surface area contributed by atoms with E-state index in [0.717, 1.165) is 5.75 Å². The third-order valence-electron chi connectivity index (χ3n) is 4.86. The number of hydrogen-bond donors (Lipinski definition) is 0.